The summed E-state index contributed by atoms with van der Waals surface area (Å²) >= 11 is 7.62. The van der Waals surface area contributed by atoms with E-state index in [1.807, 2.05) is 7.05 Å². The molecule has 0 saturated heterocycles. The highest BCUT2D eigenvalue weighted by molar-refractivity contribution is 7.92. The lowest BCUT2D eigenvalue weighted by Crippen LogP contribution is -2.38. The first-order valence-electron chi connectivity index (χ1n) is 10.8. The molecule has 0 aliphatic carbocycles. The Morgan fingerprint density at radius 3 is 2.51 bits per heavy atom. The second-order valence-electron chi connectivity index (χ2n) is 8.01. The Kier molecular flexibility index (Phi) is 7.46. The minimum atomic E-state index is -4.11. The second kappa shape index (κ2) is 10.4. The molecule has 1 aliphatic rings. The number of esters is 1. The number of rotatable bonds is 7. The van der Waals surface area contributed by atoms with Crippen LogP contribution in [0, 0.1) is 0 Å². The topological polar surface area (TPSA) is 96.0 Å². The number of nitrogens with one attached hydrogen (secondary N) is 1. The number of carbonyl (C=O) groups is 2. The molecule has 1 N–H and O–H groups in total. The van der Waals surface area contributed by atoms with Gasteiger partial charge in [-0.05, 0) is 43.3 Å². The lowest BCUT2D eigenvalue weighted by atomic mass is 10.0. The zero-order valence-electron chi connectivity index (χ0n) is 19.2. The molecule has 0 radical (unpaired) electrons. The van der Waals surface area contributed by atoms with E-state index in [-0.39, 0.29) is 15.6 Å². The number of sulfonamides is 1. The number of nitrogens with zero attached hydrogens (tertiary/aromatic N) is 2. The number of hydrogen-bond donors (Lipinski definition) is 1. The van der Waals surface area contributed by atoms with Gasteiger partial charge in [-0.2, -0.15) is 0 Å². The fourth-order valence-corrected chi connectivity index (χ4v) is 6.99. The molecule has 2 aromatic carbocycles. The fraction of sp³-hybridized carbons (Fsp3) is 0.250. The van der Waals surface area contributed by atoms with E-state index in [2.05, 4.69) is 10.2 Å². The van der Waals surface area contributed by atoms with Gasteiger partial charge < -0.3 is 15.0 Å². The minimum Gasteiger partial charge on any atom is -0.465 e. The first-order chi connectivity index (χ1) is 16.7. The van der Waals surface area contributed by atoms with Crippen molar-refractivity contribution in [1.29, 1.82) is 0 Å². The van der Waals surface area contributed by atoms with Crippen LogP contribution in [0.25, 0.3) is 0 Å². The summed E-state index contributed by atoms with van der Waals surface area (Å²) in [6.45, 7) is 0.884. The van der Waals surface area contributed by atoms with Gasteiger partial charge in [0.25, 0.3) is 10.0 Å². The number of halogens is 1. The summed E-state index contributed by atoms with van der Waals surface area (Å²) in [7, 11) is -0.840. The predicted molar refractivity (Wildman–Crippen MR) is 137 cm³/mol. The molecule has 2 heterocycles. The fourth-order valence-electron chi connectivity index (χ4n) is 3.91. The van der Waals surface area contributed by atoms with Crippen molar-refractivity contribution in [2.24, 2.45) is 0 Å². The highest BCUT2D eigenvalue weighted by Crippen LogP contribution is 2.37. The SMILES string of the molecule is COC(=O)c1c(NC(=O)CN(c2ccccc2Cl)S(=O)(=O)c2ccccc2)sc2c1CCN(C)C2. The van der Waals surface area contributed by atoms with Crippen molar-refractivity contribution in [1.82, 2.24) is 4.90 Å². The molecule has 1 aliphatic heterocycles. The first kappa shape index (κ1) is 25.2. The summed E-state index contributed by atoms with van der Waals surface area (Å²) in [4.78, 5) is 28.9. The van der Waals surface area contributed by atoms with E-state index in [4.69, 9.17) is 16.3 Å². The third-order valence-corrected chi connectivity index (χ3v) is 8.86. The van der Waals surface area contributed by atoms with Crippen LogP contribution in [0.2, 0.25) is 5.02 Å². The van der Waals surface area contributed by atoms with Crippen molar-refractivity contribution in [3.63, 3.8) is 0 Å². The van der Waals surface area contributed by atoms with Gasteiger partial charge in [-0.15, -0.1) is 11.3 Å². The molecule has 0 fully saturated rings. The van der Waals surface area contributed by atoms with Crippen molar-refractivity contribution in [3.05, 3.63) is 75.6 Å². The zero-order valence-corrected chi connectivity index (χ0v) is 21.5. The standard InChI is InChI=1S/C24H24ClN3O5S2/c1-27-13-12-17-20(14-27)34-23(22(17)24(30)33-2)26-21(29)15-28(19-11-7-6-10-18(19)25)35(31,32)16-8-4-3-5-9-16/h3-11H,12-15H2,1-2H3,(H,26,29). The van der Waals surface area contributed by atoms with Crippen molar-refractivity contribution < 1.29 is 22.7 Å². The number of benzene rings is 2. The Bertz CT molecular complexity index is 1360. The van der Waals surface area contributed by atoms with E-state index in [9.17, 15) is 18.0 Å². The van der Waals surface area contributed by atoms with E-state index >= 15 is 0 Å². The molecule has 0 atom stereocenters. The average Bonchev–Trinajstić information content (AvgIpc) is 3.19. The normalized spacial score (nSPS) is 13.7. The number of amides is 1. The highest BCUT2D eigenvalue weighted by atomic mass is 35.5. The Labute approximate surface area is 213 Å². The van der Waals surface area contributed by atoms with E-state index < -0.39 is 28.4 Å². The summed E-state index contributed by atoms with van der Waals surface area (Å²) < 4.78 is 32.9. The molecule has 1 amide bonds. The molecule has 0 spiro atoms. The number of carbonyl (C=O) groups excluding carboxylic acids is 2. The van der Waals surface area contributed by atoms with Gasteiger partial charge in [-0.3, -0.25) is 9.10 Å². The largest absolute Gasteiger partial charge is 0.465 e. The minimum absolute atomic E-state index is 0.0256. The van der Waals surface area contributed by atoms with E-state index in [0.717, 1.165) is 21.3 Å². The van der Waals surface area contributed by atoms with Crippen LogP contribution >= 0.6 is 22.9 Å². The summed E-state index contributed by atoms with van der Waals surface area (Å²) in [6, 6.07) is 14.2. The van der Waals surface area contributed by atoms with Gasteiger partial charge in [0.05, 0.1) is 28.3 Å². The number of likely N-dealkylation sites (N-methyl/N-ethyl adjacent to an activating group) is 1. The van der Waals surface area contributed by atoms with Crippen molar-refractivity contribution >= 4 is 55.5 Å². The Morgan fingerprint density at radius 1 is 1.14 bits per heavy atom. The molecule has 11 heteroatoms. The van der Waals surface area contributed by atoms with E-state index in [1.165, 1.54) is 36.6 Å². The molecule has 1 aromatic heterocycles. The molecule has 4 rings (SSSR count). The maximum Gasteiger partial charge on any atom is 0.341 e. The number of ether oxygens (including phenoxy) is 1. The third kappa shape index (κ3) is 5.20. The van der Waals surface area contributed by atoms with Gasteiger partial charge in [-0.1, -0.05) is 41.9 Å². The number of para-hydroxylation sites is 1. The molecule has 0 bridgehead atoms. The Morgan fingerprint density at radius 2 is 1.83 bits per heavy atom. The number of anilines is 2. The number of methoxy groups -OCH3 is 1. The van der Waals surface area contributed by atoms with Crippen LogP contribution in [0.5, 0.6) is 0 Å². The summed E-state index contributed by atoms with van der Waals surface area (Å²) in [6.07, 6.45) is 0.650. The lowest BCUT2D eigenvalue weighted by molar-refractivity contribution is -0.114. The van der Waals surface area contributed by atoms with Crippen LogP contribution in [0.15, 0.2) is 59.5 Å². The molecule has 8 nitrogen and oxygen atoms in total. The summed E-state index contributed by atoms with van der Waals surface area (Å²) in [5.41, 5.74) is 1.35. The van der Waals surface area contributed by atoms with Crippen molar-refractivity contribution in [3.8, 4) is 0 Å². The van der Waals surface area contributed by atoms with Crippen LogP contribution in [0.3, 0.4) is 0 Å². The van der Waals surface area contributed by atoms with Crippen LogP contribution in [-0.4, -0.2) is 52.4 Å². The first-order valence-corrected chi connectivity index (χ1v) is 13.4. The lowest BCUT2D eigenvalue weighted by Gasteiger charge is -2.25. The average molecular weight is 534 g/mol. The monoisotopic (exact) mass is 533 g/mol. The molecule has 3 aromatic rings. The highest BCUT2D eigenvalue weighted by Gasteiger charge is 2.31. The molecule has 0 saturated carbocycles. The van der Waals surface area contributed by atoms with Crippen LogP contribution < -0.4 is 9.62 Å². The van der Waals surface area contributed by atoms with Gasteiger partial charge in [0.1, 0.15) is 11.5 Å². The third-order valence-electron chi connectivity index (χ3n) is 5.63. The number of fused-ring (bicyclic) bond motifs is 1. The van der Waals surface area contributed by atoms with Crippen LogP contribution in [-0.2, 0) is 32.5 Å². The van der Waals surface area contributed by atoms with Gasteiger partial charge in [-0.25, -0.2) is 13.2 Å². The van der Waals surface area contributed by atoms with Gasteiger partial charge >= 0.3 is 5.97 Å². The quantitative estimate of drug-likeness (QED) is 0.461. The maximum atomic E-state index is 13.5. The van der Waals surface area contributed by atoms with Crippen LogP contribution in [0.1, 0.15) is 20.8 Å². The molecular formula is C24H24ClN3O5S2. The smallest absolute Gasteiger partial charge is 0.341 e. The molecule has 0 unspecified atom stereocenters. The summed E-state index contributed by atoms with van der Waals surface area (Å²) in [5.74, 6) is -1.15. The maximum absolute atomic E-state index is 13.5. The van der Waals surface area contributed by atoms with Crippen molar-refractivity contribution in [2.45, 2.75) is 17.9 Å². The van der Waals surface area contributed by atoms with E-state index in [1.54, 1.807) is 36.4 Å². The van der Waals surface area contributed by atoms with Crippen LogP contribution in [0.4, 0.5) is 10.7 Å². The second-order valence-corrected chi connectivity index (χ2v) is 11.4. The Balaban J connectivity index is 1.69. The van der Waals surface area contributed by atoms with Gasteiger partial charge in [0, 0.05) is 18.0 Å². The number of thiophene rings is 1. The molecule has 184 valence electrons. The van der Waals surface area contributed by atoms with Gasteiger partial charge in [0.2, 0.25) is 5.91 Å². The van der Waals surface area contributed by atoms with Crippen molar-refractivity contribution in [2.75, 3.05) is 36.9 Å². The molecular weight excluding hydrogens is 510 g/mol. The van der Waals surface area contributed by atoms with E-state index in [0.29, 0.717) is 23.5 Å². The number of hydrogen-bond acceptors (Lipinski definition) is 7. The predicted octanol–water partition coefficient (Wildman–Crippen LogP) is 4.01. The Hall–Kier alpha value is -2.92. The molecule has 35 heavy (non-hydrogen) atoms. The zero-order chi connectivity index (χ0) is 25.2. The van der Waals surface area contributed by atoms with Gasteiger partial charge in [0.15, 0.2) is 0 Å². The summed E-state index contributed by atoms with van der Waals surface area (Å²) in [5, 5.41) is 3.28.